The fourth-order valence-corrected chi connectivity index (χ4v) is 4.11. The molecule has 2 aromatic rings. The Hall–Kier alpha value is -2.00. The lowest BCUT2D eigenvalue weighted by atomic mass is 10.1. The molecule has 1 unspecified atom stereocenters. The summed E-state index contributed by atoms with van der Waals surface area (Å²) >= 11 is 0. The van der Waals surface area contributed by atoms with Crippen molar-refractivity contribution in [1.29, 1.82) is 0 Å². The predicted molar refractivity (Wildman–Crippen MR) is 87.8 cm³/mol. The topological polar surface area (TPSA) is 83.5 Å². The molecule has 0 bridgehead atoms. The van der Waals surface area contributed by atoms with Crippen LogP contribution in [-0.4, -0.2) is 24.0 Å². The van der Waals surface area contributed by atoms with E-state index in [0.29, 0.717) is 23.3 Å². The van der Waals surface area contributed by atoms with Crippen LogP contribution in [0.3, 0.4) is 0 Å². The lowest BCUT2D eigenvalue weighted by molar-refractivity contribution is 0.412. The highest BCUT2D eigenvalue weighted by molar-refractivity contribution is 7.92. The number of phenolic OH excluding ortho intramolecular Hbond substituents is 1. The van der Waals surface area contributed by atoms with Crippen LogP contribution in [0.4, 0.5) is 14.5 Å². The summed E-state index contributed by atoms with van der Waals surface area (Å²) in [6, 6.07) is 5.65. The quantitative estimate of drug-likeness (QED) is 0.842. The van der Waals surface area contributed by atoms with Crippen LogP contribution in [0.25, 0.3) is 0 Å². The zero-order valence-electron chi connectivity index (χ0n) is 12.8. The van der Waals surface area contributed by atoms with Gasteiger partial charge in [0.1, 0.15) is 10.7 Å². The van der Waals surface area contributed by atoms with E-state index in [-0.39, 0.29) is 11.4 Å². The van der Waals surface area contributed by atoms with E-state index >= 15 is 0 Å². The van der Waals surface area contributed by atoms with Crippen molar-refractivity contribution < 1.29 is 26.5 Å². The van der Waals surface area contributed by atoms with Crippen molar-refractivity contribution in [2.45, 2.75) is 17.6 Å². The van der Waals surface area contributed by atoms with Crippen molar-refractivity contribution in [3.05, 3.63) is 53.1 Å². The molecule has 0 spiro atoms. The van der Waals surface area contributed by atoms with Crippen LogP contribution in [0.2, 0.25) is 0 Å². The first-order valence-corrected chi connectivity index (χ1v) is 9.92. The van der Waals surface area contributed by atoms with Gasteiger partial charge in [-0.1, -0.05) is 12.1 Å². The molecule has 0 aliphatic heterocycles. The minimum absolute atomic E-state index is 0.169. The average molecular weight is 375 g/mol. The second-order valence-corrected chi connectivity index (χ2v) is 8.23. The molecule has 9 heteroatoms. The number of rotatable bonds is 5. The molecule has 0 fully saturated rings. The van der Waals surface area contributed by atoms with E-state index in [9.17, 15) is 26.5 Å². The lowest BCUT2D eigenvalue weighted by Crippen LogP contribution is -2.15. The number of nitrogens with one attached hydrogen (secondary N) is 1. The summed E-state index contributed by atoms with van der Waals surface area (Å²) in [5.74, 6) is -3.42. The van der Waals surface area contributed by atoms with Gasteiger partial charge in [0.2, 0.25) is 0 Å². The van der Waals surface area contributed by atoms with Gasteiger partial charge in [0.25, 0.3) is 10.0 Å². The van der Waals surface area contributed by atoms with E-state index in [1.807, 2.05) is 0 Å². The van der Waals surface area contributed by atoms with Crippen LogP contribution >= 0.6 is 0 Å². The molecule has 2 rings (SSSR count). The molecule has 2 N–H and O–H groups in total. The normalized spacial score (nSPS) is 12.8. The largest absolute Gasteiger partial charge is 0.504 e. The predicted octanol–water partition coefficient (Wildman–Crippen LogP) is 2.66. The van der Waals surface area contributed by atoms with E-state index < -0.39 is 43.1 Å². The molecule has 0 saturated heterocycles. The Balaban J connectivity index is 2.46. The Kier molecular flexibility index (Phi) is 5.24. The molecule has 2 aromatic carbocycles. The van der Waals surface area contributed by atoms with E-state index in [1.54, 1.807) is 19.1 Å². The third-order valence-electron chi connectivity index (χ3n) is 3.33. The third kappa shape index (κ3) is 3.90. The standard InChI is InChI=1S/C15H15F2NO4S2/c1-9-10(8-23(2)20)4-3-5-13(9)18-24(21,22)14-7-11(16)6-12(17)15(14)19/h3-7,18-19H,8H2,1-2H3. The molecule has 0 amide bonds. The molecule has 130 valence electrons. The molecule has 0 saturated carbocycles. The first-order valence-electron chi connectivity index (χ1n) is 6.71. The first-order chi connectivity index (χ1) is 11.1. The fraction of sp³-hybridized carbons (Fsp3) is 0.200. The molecule has 0 heterocycles. The number of benzene rings is 2. The molecule has 0 aliphatic rings. The van der Waals surface area contributed by atoms with Crippen molar-refractivity contribution in [2.75, 3.05) is 11.0 Å². The zero-order chi connectivity index (χ0) is 18.1. The summed E-state index contributed by atoms with van der Waals surface area (Å²) in [5, 5.41) is 9.58. The summed E-state index contributed by atoms with van der Waals surface area (Å²) in [4.78, 5) is -0.899. The number of sulfonamides is 1. The molecule has 0 radical (unpaired) electrons. The maximum atomic E-state index is 13.4. The second-order valence-electron chi connectivity index (χ2n) is 5.15. The lowest BCUT2D eigenvalue weighted by Gasteiger charge is -2.14. The summed E-state index contributed by atoms with van der Waals surface area (Å²) in [7, 11) is -5.53. The van der Waals surface area contributed by atoms with Crippen LogP contribution < -0.4 is 4.72 Å². The maximum Gasteiger partial charge on any atom is 0.265 e. The maximum absolute atomic E-state index is 13.4. The van der Waals surface area contributed by atoms with Gasteiger partial charge in [-0.3, -0.25) is 8.93 Å². The van der Waals surface area contributed by atoms with Gasteiger partial charge in [0.15, 0.2) is 11.6 Å². The number of phenols is 1. The van der Waals surface area contributed by atoms with Crippen molar-refractivity contribution in [2.24, 2.45) is 0 Å². The van der Waals surface area contributed by atoms with Gasteiger partial charge in [-0.25, -0.2) is 17.2 Å². The van der Waals surface area contributed by atoms with Crippen molar-refractivity contribution >= 4 is 26.5 Å². The van der Waals surface area contributed by atoms with E-state index in [2.05, 4.69) is 4.72 Å². The molecule has 5 nitrogen and oxygen atoms in total. The van der Waals surface area contributed by atoms with Crippen LogP contribution in [0.15, 0.2) is 35.2 Å². The van der Waals surface area contributed by atoms with E-state index in [0.717, 1.165) is 0 Å². The van der Waals surface area contributed by atoms with Gasteiger partial charge in [-0.05, 0) is 30.2 Å². The number of aromatic hydroxyl groups is 1. The molecular weight excluding hydrogens is 360 g/mol. The van der Waals surface area contributed by atoms with Crippen molar-refractivity contribution in [3.63, 3.8) is 0 Å². The summed E-state index contributed by atoms with van der Waals surface area (Å²) < 4.78 is 64.9. The highest BCUT2D eigenvalue weighted by Gasteiger charge is 2.24. The Morgan fingerprint density at radius 1 is 1.25 bits per heavy atom. The fourth-order valence-electron chi connectivity index (χ4n) is 2.12. The number of hydrogen-bond acceptors (Lipinski definition) is 4. The third-order valence-corrected chi connectivity index (χ3v) is 5.43. The second kappa shape index (κ2) is 6.86. The molecule has 0 aromatic heterocycles. The summed E-state index contributed by atoms with van der Waals surface area (Å²) in [5.41, 5.74) is 1.38. The van der Waals surface area contributed by atoms with Crippen LogP contribution in [-0.2, 0) is 26.6 Å². The SMILES string of the molecule is Cc1c(CS(C)=O)cccc1NS(=O)(=O)c1cc(F)cc(F)c1O. The Labute approximate surface area is 140 Å². The van der Waals surface area contributed by atoms with Gasteiger partial charge < -0.3 is 5.11 Å². The first kappa shape index (κ1) is 18.3. The summed E-state index contributed by atoms with van der Waals surface area (Å²) in [6.45, 7) is 1.63. The average Bonchev–Trinajstić information content (AvgIpc) is 2.46. The Morgan fingerprint density at radius 3 is 2.54 bits per heavy atom. The van der Waals surface area contributed by atoms with E-state index in [4.69, 9.17) is 0 Å². The van der Waals surface area contributed by atoms with Crippen molar-refractivity contribution in [3.8, 4) is 5.75 Å². The molecule has 24 heavy (non-hydrogen) atoms. The van der Waals surface area contributed by atoms with Crippen LogP contribution in [0.1, 0.15) is 11.1 Å². The number of halogens is 2. The number of anilines is 1. The van der Waals surface area contributed by atoms with Gasteiger partial charge in [0, 0.05) is 28.9 Å². The van der Waals surface area contributed by atoms with Gasteiger partial charge >= 0.3 is 0 Å². The number of hydrogen-bond donors (Lipinski definition) is 2. The Morgan fingerprint density at radius 2 is 1.92 bits per heavy atom. The monoisotopic (exact) mass is 375 g/mol. The van der Waals surface area contributed by atoms with Gasteiger partial charge in [0.05, 0.1) is 5.69 Å². The molecule has 1 atom stereocenters. The van der Waals surface area contributed by atoms with Crippen LogP contribution in [0.5, 0.6) is 5.75 Å². The van der Waals surface area contributed by atoms with Gasteiger partial charge in [-0.15, -0.1) is 0 Å². The van der Waals surface area contributed by atoms with Gasteiger partial charge in [-0.2, -0.15) is 0 Å². The van der Waals surface area contributed by atoms with Crippen molar-refractivity contribution in [1.82, 2.24) is 0 Å². The smallest absolute Gasteiger partial charge is 0.265 e. The molecule has 0 aliphatic carbocycles. The highest BCUT2D eigenvalue weighted by Crippen LogP contribution is 2.30. The minimum Gasteiger partial charge on any atom is -0.504 e. The Bertz CT molecular complexity index is 914. The zero-order valence-corrected chi connectivity index (χ0v) is 14.5. The minimum atomic E-state index is -4.41. The highest BCUT2D eigenvalue weighted by atomic mass is 32.2. The summed E-state index contributed by atoms with van der Waals surface area (Å²) in [6.07, 6.45) is 1.52. The molecular formula is C15H15F2NO4S2. The van der Waals surface area contributed by atoms with E-state index in [1.165, 1.54) is 12.3 Å². The van der Waals surface area contributed by atoms with Crippen LogP contribution in [0, 0.1) is 18.6 Å².